The summed E-state index contributed by atoms with van der Waals surface area (Å²) in [5, 5.41) is 0. The predicted molar refractivity (Wildman–Crippen MR) is 67.1 cm³/mol. The van der Waals surface area contributed by atoms with Crippen molar-refractivity contribution < 1.29 is 9.15 Å². The molecule has 1 aromatic carbocycles. The molecule has 0 spiro atoms. The standard InChI is InChI=1S/C12H13ClN2O2/c1-15(12-14-9(7-13)8-17-12)10-4-3-5-11(6-10)16-2/h3-6,8H,7H2,1-2H3. The zero-order valence-corrected chi connectivity index (χ0v) is 10.4. The highest BCUT2D eigenvalue weighted by Gasteiger charge is 2.11. The summed E-state index contributed by atoms with van der Waals surface area (Å²) in [5.74, 6) is 1.13. The van der Waals surface area contributed by atoms with E-state index in [1.165, 1.54) is 0 Å². The maximum Gasteiger partial charge on any atom is 0.301 e. The van der Waals surface area contributed by atoms with Crippen LogP contribution in [0.25, 0.3) is 0 Å². The fraction of sp³-hybridized carbons (Fsp3) is 0.250. The van der Waals surface area contributed by atoms with Crippen molar-refractivity contribution in [3.8, 4) is 5.75 Å². The SMILES string of the molecule is COc1cccc(N(C)c2nc(CCl)co2)c1. The summed E-state index contributed by atoms with van der Waals surface area (Å²) in [5.41, 5.74) is 1.66. The molecule has 0 fully saturated rings. The Hall–Kier alpha value is -1.68. The maximum absolute atomic E-state index is 5.68. The van der Waals surface area contributed by atoms with E-state index in [2.05, 4.69) is 4.98 Å². The van der Waals surface area contributed by atoms with E-state index in [1.807, 2.05) is 36.2 Å². The molecule has 4 nitrogen and oxygen atoms in total. The topological polar surface area (TPSA) is 38.5 Å². The lowest BCUT2D eigenvalue weighted by molar-refractivity contribution is 0.415. The van der Waals surface area contributed by atoms with Crippen LogP contribution >= 0.6 is 11.6 Å². The third-order valence-corrected chi connectivity index (χ3v) is 2.68. The smallest absolute Gasteiger partial charge is 0.301 e. The van der Waals surface area contributed by atoms with E-state index in [9.17, 15) is 0 Å². The van der Waals surface area contributed by atoms with E-state index in [1.54, 1.807) is 13.4 Å². The number of alkyl halides is 1. The van der Waals surface area contributed by atoms with Gasteiger partial charge in [0.05, 0.1) is 18.7 Å². The molecule has 90 valence electrons. The summed E-state index contributed by atoms with van der Waals surface area (Å²) >= 11 is 5.68. The average Bonchev–Trinajstić information content (AvgIpc) is 2.86. The molecular weight excluding hydrogens is 240 g/mol. The van der Waals surface area contributed by atoms with Crippen molar-refractivity contribution in [1.29, 1.82) is 0 Å². The molecule has 0 radical (unpaired) electrons. The van der Waals surface area contributed by atoms with Crippen molar-refractivity contribution >= 4 is 23.3 Å². The molecule has 2 aromatic rings. The summed E-state index contributed by atoms with van der Waals surface area (Å²) in [7, 11) is 3.51. The molecule has 0 unspecified atom stereocenters. The van der Waals surface area contributed by atoms with Crippen molar-refractivity contribution in [3.63, 3.8) is 0 Å². The highest BCUT2D eigenvalue weighted by atomic mass is 35.5. The van der Waals surface area contributed by atoms with Gasteiger partial charge < -0.3 is 9.15 Å². The Bertz CT molecular complexity index is 499. The van der Waals surface area contributed by atoms with Gasteiger partial charge in [0.2, 0.25) is 0 Å². The lowest BCUT2D eigenvalue weighted by Gasteiger charge is -2.15. The molecule has 2 rings (SSSR count). The molecule has 0 aliphatic rings. The molecule has 0 saturated heterocycles. The lowest BCUT2D eigenvalue weighted by Crippen LogP contribution is -2.09. The summed E-state index contributed by atoms with van der Waals surface area (Å²) in [6, 6.07) is 8.17. The Labute approximate surface area is 105 Å². The summed E-state index contributed by atoms with van der Waals surface area (Å²) in [6.07, 6.45) is 1.55. The minimum absolute atomic E-state index is 0.343. The van der Waals surface area contributed by atoms with E-state index in [4.69, 9.17) is 20.8 Å². The van der Waals surface area contributed by atoms with Gasteiger partial charge in [-0.15, -0.1) is 11.6 Å². The molecule has 0 amide bonds. The third kappa shape index (κ3) is 2.53. The van der Waals surface area contributed by atoms with Crippen LogP contribution in [0.1, 0.15) is 5.69 Å². The van der Waals surface area contributed by atoms with Crippen LogP contribution in [0.2, 0.25) is 0 Å². The second-order valence-electron chi connectivity index (χ2n) is 3.52. The molecule has 0 atom stereocenters. The van der Waals surface area contributed by atoms with E-state index in [0.29, 0.717) is 11.9 Å². The number of ether oxygens (including phenoxy) is 1. The first-order chi connectivity index (χ1) is 8.24. The molecule has 17 heavy (non-hydrogen) atoms. The first kappa shape index (κ1) is 11.8. The number of rotatable bonds is 4. The molecule has 5 heteroatoms. The fourth-order valence-corrected chi connectivity index (χ4v) is 1.56. The number of oxazole rings is 1. The van der Waals surface area contributed by atoms with Gasteiger partial charge in [-0.05, 0) is 12.1 Å². The normalized spacial score (nSPS) is 10.3. The van der Waals surface area contributed by atoms with Gasteiger partial charge in [0.15, 0.2) is 0 Å². The van der Waals surface area contributed by atoms with Crippen molar-refractivity contribution in [2.24, 2.45) is 0 Å². The molecule has 0 bridgehead atoms. The van der Waals surface area contributed by atoms with Crippen molar-refractivity contribution in [3.05, 3.63) is 36.2 Å². The molecule has 0 aliphatic carbocycles. The molecular formula is C12H13ClN2O2. The van der Waals surface area contributed by atoms with Gasteiger partial charge in [-0.25, -0.2) is 0 Å². The largest absolute Gasteiger partial charge is 0.497 e. The number of halogens is 1. The van der Waals surface area contributed by atoms with Crippen LogP contribution in [0.4, 0.5) is 11.7 Å². The molecule has 0 N–H and O–H groups in total. The highest BCUT2D eigenvalue weighted by molar-refractivity contribution is 6.16. The summed E-state index contributed by atoms with van der Waals surface area (Å²) in [6.45, 7) is 0. The maximum atomic E-state index is 5.68. The highest BCUT2D eigenvalue weighted by Crippen LogP contribution is 2.26. The van der Waals surface area contributed by atoms with Gasteiger partial charge in [0.25, 0.3) is 0 Å². The second kappa shape index (κ2) is 5.10. The first-order valence-electron chi connectivity index (χ1n) is 5.12. The number of nitrogens with zero attached hydrogens (tertiary/aromatic N) is 2. The quantitative estimate of drug-likeness (QED) is 0.784. The average molecular weight is 253 g/mol. The van der Waals surface area contributed by atoms with Crippen LogP contribution < -0.4 is 9.64 Å². The molecule has 0 aliphatic heterocycles. The van der Waals surface area contributed by atoms with Crippen LogP contribution in [0.15, 0.2) is 34.9 Å². The van der Waals surface area contributed by atoms with Crippen molar-refractivity contribution in [2.75, 3.05) is 19.1 Å². The Kier molecular flexibility index (Phi) is 3.54. The van der Waals surface area contributed by atoms with E-state index in [-0.39, 0.29) is 0 Å². The summed E-state index contributed by atoms with van der Waals surface area (Å²) in [4.78, 5) is 6.08. The number of anilines is 2. The lowest BCUT2D eigenvalue weighted by atomic mass is 10.3. The Morgan fingerprint density at radius 1 is 1.47 bits per heavy atom. The zero-order chi connectivity index (χ0) is 12.3. The van der Waals surface area contributed by atoms with Gasteiger partial charge >= 0.3 is 6.01 Å². The number of aromatic nitrogens is 1. The van der Waals surface area contributed by atoms with Crippen molar-refractivity contribution in [2.45, 2.75) is 5.88 Å². The van der Waals surface area contributed by atoms with Gasteiger partial charge in [-0.3, -0.25) is 4.90 Å². The Morgan fingerprint density at radius 3 is 2.94 bits per heavy atom. The molecule has 0 saturated carbocycles. The van der Waals surface area contributed by atoms with Crippen LogP contribution in [0.5, 0.6) is 5.75 Å². The van der Waals surface area contributed by atoms with E-state index >= 15 is 0 Å². The predicted octanol–water partition coefficient (Wildman–Crippen LogP) is 3.19. The fourth-order valence-electron chi connectivity index (χ4n) is 1.44. The Balaban J connectivity index is 2.26. The van der Waals surface area contributed by atoms with Gasteiger partial charge in [0, 0.05) is 18.8 Å². The van der Waals surface area contributed by atoms with E-state index in [0.717, 1.165) is 17.1 Å². The van der Waals surface area contributed by atoms with E-state index < -0.39 is 0 Å². The van der Waals surface area contributed by atoms with Gasteiger partial charge in [-0.1, -0.05) is 6.07 Å². The van der Waals surface area contributed by atoms with Gasteiger partial charge in [0.1, 0.15) is 12.0 Å². The number of benzene rings is 1. The minimum Gasteiger partial charge on any atom is -0.497 e. The monoisotopic (exact) mass is 252 g/mol. The Morgan fingerprint density at radius 2 is 2.29 bits per heavy atom. The van der Waals surface area contributed by atoms with Gasteiger partial charge in [-0.2, -0.15) is 4.98 Å². The number of hydrogen-bond donors (Lipinski definition) is 0. The van der Waals surface area contributed by atoms with Crippen LogP contribution in [-0.4, -0.2) is 19.1 Å². The molecule has 1 aromatic heterocycles. The first-order valence-corrected chi connectivity index (χ1v) is 5.66. The van der Waals surface area contributed by atoms with Crippen molar-refractivity contribution in [1.82, 2.24) is 4.98 Å². The summed E-state index contributed by atoms with van der Waals surface area (Å²) < 4.78 is 10.5. The number of hydrogen-bond acceptors (Lipinski definition) is 4. The van der Waals surface area contributed by atoms with Crippen LogP contribution in [0.3, 0.4) is 0 Å². The zero-order valence-electron chi connectivity index (χ0n) is 9.68. The van der Waals surface area contributed by atoms with Crippen LogP contribution in [0, 0.1) is 0 Å². The third-order valence-electron chi connectivity index (χ3n) is 2.40. The molecule has 1 heterocycles. The number of methoxy groups -OCH3 is 1. The minimum atomic E-state index is 0.343. The second-order valence-corrected chi connectivity index (χ2v) is 3.78. The van der Waals surface area contributed by atoms with Crippen LogP contribution in [-0.2, 0) is 5.88 Å².